The molecule has 0 saturated heterocycles. The van der Waals surface area contributed by atoms with Crippen molar-refractivity contribution in [2.24, 2.45) is 0 Å². The molecule has 0 aliphatic heterocycles. The minimum Gasteiger partial charge on any atom is -0.288 e. The zero-order valence-corrected chi connectivity index (χ0v) is 15.5. The first-order valence-corrected chi connectivity index (χ1v) is 9.22. The molecule has 0 saturated carbocycles. The van der Waals surface area contributed by atoms with Gasteiger partial charge in [0.05, 0.1) is 16.1 Å². The van der Waals surface area contributed by atoms with Gasteiger partial charge in [0.1, 0.15) is 0 Å². The summed E-state index contributed by atoms with van der Waals surface area (Å²) in [6, 6.07) is 22.6. The molecule has 5 heteroatoms. The van der Waals surface area contributed by atoms with Crippen molar-refractivity contribution in [1.82, 2.24) is 14.5 Å². The van der Waals surface area contributed by atoms with Crippen LogP contribution in [0.4, 0.5) is 0 Å². The molecule has 0 amide bonds. The van der Waals surface area contributed by atoms with Gasteiger partial charge in [-0.25, -0.2) is 9.97 Å². The molecule has 5 rings (SSSR count). The molecule has 2 heterocycles. The van der Waals surface area contributed by atoms with Gasteiger partial charge in [0.2, 0.25) is 5.95 Å². The zero-order chi connectivity index (χ0) is 19.1. The first-order valence-electron chi connectivity index (χ1n) is 8.84. The average Bonchev–Trinajstić information content (AvgIpc) is 3.09. The van der Waals surface area contributed by atoms with E-state index in [1.807, 2.05) is 59.2 Å². The molecule has 0 radical (unpaired) electrons. The fourth-order valence-corrected chi connectivity index (χ4v) is 3.83. The minimum absolute atomic E-state index is 0.129. The number of hydrogen-bond acceptors (Lipinski definition) is 3. The summed E-state index contributed by atoms with van der Waals surface area (Å²) >= 11 is 6.30. The van der Waals surface area contributed by atoms with E-state index in [9.17, 15) is 4.79 Å². The first kappa shape index (κ1) is 16.7. The van der Waals surface area contributed by atoms with Crippen LogP contribution in [0.25, 0.3) is 27.8 Å². The summed E-state index contributed by atoms with van der Waals surface area (Å²) in [5.74, 6) is 0.393. The molecule has 2 aromatic heterocycles. The Morgan fingerprint density at radius 3 is 2.25 bits per heavy atom. The number of para-hydroxylation sites is 2. The lowest BCUT2D eigenvalue weighted by molar-refractivity contribution is 0.104. The van der Waals surface area contributed by atoms with Gasteiger partial charge >= 0.3 is 0 Å². The van der Waals surface area contributed by atoms with E-state index in [1.54, 1.807) is 30.6 Å². The van der Waals surface area contributed by atoms with Gasteiger partial charge in [0, 0.05) is 34.3 Å². The number of halogens is 1. The molecule has 0 bridgehead atoms. The molecule has 0 fully saturated rings. The van der Waals surface area contributed by atoms with E-state index in [2.05, 4.69) is 9.97 Å². The number of fused-ring (bicyclic) bond motifs is 3. The lowest BCUT2D eigenvalue weighted by Crippen LogP contribution is -2.07. The van der Waals surface area contributed by atoms with Crippen LogP contribution in [0.5, 0.6) is 0 Å². The summed E-state index contributed by atoms with van der Waals surface area (Å²) in [5, 5.41) is 2.45. The molecule has 0 aliphatic rings. The van der Waals surface area contributed by atoms with Crippen LogP contribution in [-0.2, 0) is 0 Å². The summed E-state index contributed by atoms with van der Waals surface area (Å²) in [7, 11) is 0. The minimum atomic E-state index is -0.129. The predicted octanol–water partition coefficient (Wildman–Crippen LogP) is 5.46. The molecule has 28 heavy (non-hydrogen) atoms. The number of aromatic nitrogens is 3. The molecular formula is C23H14ClN3O. The lowest BCUT2D eigenvalue weighted by Gasteiger charge is -2.09. The van der Waals surface area contributed by atoms with Crippen molar-refractivity contribution in [3.8, 4) is 5.95 Å². The Morgan fingerprint density at radius 2 is 1.43 bits per heavy atom. The Hall–Kier alpha value is -3.50. The Bertz CT molecular complexity index is 1340. The van der Waals surface area contributed by atoms with Gasteiger partial charge < -0.3 is 0 Å². The highest BCUT2D eigenvalue weighted by Crippen LogP contribution is 2.34. The fourth-order valence-electron chi connectivity index (χ4n) is 3.61. The zero-order valence-electron chi connectivity index (χ0n) is 14.7. The van der Waals surface area contributed by atoms with Crippen molar-refractivity contribution < 1.29 is 4.79 Å². The van der Waals surface area contributed by atoms with Crippen LogP contribution in [-0.4, -0.2) is 20.3 Å². The standard InChI is InChI=1S/C23H14ClN3O/c24-19-11-3-1-8-17(19)22(28)18-10-5-9-16-15-7-2-4-12-20(15)27(21(16)18)23-25-13-6-14-26-23/h1-14H. The molecule has 0 spiro atoms. The second-order valence-electron chi connectivity index (χ2n) is 6.41. The third kappa shape index (κ3) is 2.50. The number of ketones is 1. The van der Waals surface area contributed by atoms with E-state index in [-0.39, 0.29) is 5.78 Å². The van der Waals surface area contributed by atoms with E-state index >= 15 is 0 Å². The number of carbonyl (C=O) groups is 1. The second-order valence-corrected chi connectivity index (χ2v) is 6.82. The molecule has 0 aliphatic carbocycles. The van der Waals surface area contributed by atoms with Gasteiger partial charge in [-0.1, -0.05) is 54.1 Å². The summed E-state index contributed by atoms with van der Waals surface area (Å²) in [6.45, 7) is 0. The van der Waals surface area contributed by atoms with Gasteiger partial charge in [0.25, 0.3) is 0 Å². The van der Waals surface area contributed by atoms with Gasteiger partial charge in [-0.05, 0) is 30.3 Å². The van der Waals surface area contributed by atoms with Gasteiger partial charge in [-0.15, -0.1) is 0 Å². The highest BCUT2D eigenvalue weighted by molar-refractivity contribution is 6.35. The van der Waals surface area contributed by atoms with Gasteiger partial charge in [0.15, 0.2) is 5.78 Å². The van der Waals surface area contributed by atoms with Crippen LogP contribution >= 0.6 is 11.6 Å². The van der Waals surface area contributed by atoms with E-state index < -0.39 is 0 Å². The average molecular weight is 384 g/mol. The van der Waals surface area contributed by atoms with Crippen molar-refractivity contribution in [3.05, 3.63) is 101 Å². The summed E-state index contributed by atoms with van der Waals surface area (Å²) in [6.07, 6.45) is 3.39. The largest absolute Gasteiger partial charge is 0.288 e. The number of benzene rings is 3. The second kappa shape index (κ2) is 6.59. The van der Waals surface area contributed by atoms with Crippen molar-refractivity contribution in [1.29, 1.82) is 0 Å². The quantitative estimate of drug-likeness (QED) is 0.389. The van der Waals surface area contributed by atoms with E-state index in [0.29, 0.717) is 22.1 Å². The Kier molecular flexibility index (Phi) is 3.92. The molecule has 0 atom stereocenters. The Labute approximate surface area is 166 Å². The van der Waals surface area contributed by atoms with Crippen molar-refractivity contribution in [2.75, 3.05) is 0 Å². The molecule has 3 aromatic carbocycles. The monoisotopic (exact) mass is 383 g/mol. The van der Waals surface area contributed by atoms with Crippen LogP contribution in [0.2, 0.25) is 5.02 Å². The van der Waals surface area contributed by atoms with E-state index in [1.165, 1.54) is 0 Å². The molecule has 4 nitrogen and oxygen atoms in total. The number of nitrogens with zero attached hydrogens (tertiary/aromatic N) is 3. The van der Waals surface area contributed by atoms with Crippen LogP contribution < -0.4 is 0 Å². The maximum Gasteiger partial charge on any atom is 0.234 e. The molecule has 134 valence electrons. The van der Waals surface area contributed by atoms with Crippen LogP contribution in [0.1, 0.15) is 15.9 Å². The summed E-state index contributed by atoms with van der Waals surface area (Å²) in [4.78, 5) is 22.3. The molecule has 0 N–H and O–H groups in total. The summed E-state index contributed by atoms with van der Waals surface area (Å²) < 4.78 is 1.94. The van der Waals surface area contributed by atoms with Crippen LogP contribution in [0, 0.1) is 0 Å². The SMILES string of the molecule is O=C(c1ccccc1Cl)c1cccc2c3ccccc3n(-c3ncccn3)c12. The maximum atomic E-state index is 13.4. The summed E-state index contributed by atoms with van der Waals surface area (Å²) in [5.41, 5.74) is 2.76. The number of hydrogen-bond donors (Lipinski definition) is 0. The number of carbonyl (C=O) groups excluding carboxylic acids is 1. The lowest BCUT2D eigenvalue weighted by atomic mass is 10.0. The third-order valence-corrected chi connectivity index (χ3v) is 5.14. The van der Waals surface area contributed by atoms with Crippen LogP contribution in [0.15, 0.2) is 85.2 Å². The molecule has 5 aromatic rings. The Balaban J connectivity index is 1.90. The normalized spacial score (nSPS) is 11.2. The predicted molar refractivity (Wildman–Crippen MR) is 111 cm³/mol. The van der Waals surface area contributed by atoms with Crippen molar-refractivity contribution in [3.63, 3.8) is 0 Å². The smallest absolute Gasteiger partial charge is 0.234 e. The molecule has 0 unspecified atom stereocenters. The highest BCUT2D eigenvalue weighted by atomic mass is 35.5. The highest BCUT2D eigenvalue weighted by Gasteiger charge is 2.21. The van der Waals surface area contributed by atoms with Crippen molar-refractivity contribution in [2.45, 2.75) is 0 Å². The van der Waals surface area contributed by atoms with E-state index in [4.69, 9.17) is 11.6 Å². The number of rotatable bonds is 3. The van der Waals surface area contributed by atoms with Crippen molar-refractivity contribution >= 4 is 39.2 Å². The molecular weight excluding hydrogens is 370 g/mol. The maximum absolute atomic E-state index is 13.4. The van der Waals surface area contributed by atoms with Crippen LogP contribution in [0.3, 0.4) is 0 Å². The third-order valence-electron chi connectivity index (χ3n) is 4.81. The van der Waals surface area contributed by atoms with Gasteiger partial charge in [-0.2, -0.15) is 0 Å². The van der Waals surface area contributed by atoms with E-state index in [0.717, 1.165) is 21.8 Å². The topological polar surface area (TPSA) is 47.8 Å². The first-order chi connectivity index (χ1) is 13.8. The Morgan fingerprint density at radius 1 is 0.750 bits per heavy atom. The van der Waals surface area contributed by atoms with Gasteiger partial charge in [-0.3, -0.25) is 9.36 Å². The fraction of sp³-hybridized carbons (Fsp3) is 0.